The van der Waals surface area contributed by atoms with Crippen molar-refractivity contribution in [3.63, 3.8) is 0 Å². The topological polar surface area (TPSA) is 41.9 Å². The van der Waals surface area contributed by atoms with Crippen LogP contribution in [0.5, 0.6) is 5.75 Å². The van der Waals surface area contributed by atoms with Crippen molar-refractivity contribution in [2.45, 2.75) is 12.8 Å². The minimum Gasteiger partial charge on any atom is -0.385 e. The highest BCUT2D eigenvalue weighted by atomic mass is 35.5. The zero-order chi connectivity index (χ0) is 16.3. The Morgan fingerprint density at radius 1 is 1.00 bits per heavy atom. The van der Waals surface area contributed by atoms with Crippen molar-refractivity contribution >= 4 is 39.1 Å². The van der Waals surface area contributed by atoms with Gasteiger partial charge < -0.3 is 4.18 Å². The summed E-state index contributed by atoms with van der Waals surface area (Å²) in [5, 5.41) is 0.804. The number of para-hydroxylation sites is 1. The average Bonchev–Trinajstić information content (AvgIpc) is 3.07. The van der Waals surface area contributed by atoms with E-state index in [1.807, 2.05) is 18.2 Å². The summed E-state index contributed by atoms with van der Waals surface area (Å²) < 4.78 is 25.3. The molecule has 1 fully saturated rings. The van der Waals surface area contributed by atoms with Gasteiger partial charge in [-0.1, -0.05) is 41.4 Å². The monoisotopic (exact) mass is 370 g/mol. The molecule has 1 heterocycles. The second-order valence-electron chi connectivity index (χ2n) is 5.17. The van der Waals surface area contributed by atoms with Crippen LogP contribution in [0.15, 0.2) is 52.9 Å². The molecule has 1 aliphatic rings. The molecule has 0 saturated carbocycles. The summed E-state index contributed by atoms with van der Waals surface area (Å²) in [5.74, 6) is 0.521. The smallest absolute Gasteiger partial charge is 0.283 e. The molecule has 7 heteroatoms. The van der Waals surface area contributed by atoms with Gasteiger partial charge in [-0.05, 0) is 43.2 Å². The first kappa shape index (κ1) is 16.6. The van der Waals surface area contributed by atoms with E-state index in [4.69, 9.17) is 27.4 Å². The Balaban J connectivity index is 2.02. The quantitative estimate of drug-likeness (QED) is 0.751. The second-order valence-corrected chi connectivity index (χ2v) is 7.75. The standard InChI is InChI=1S/C16H16Cl2N2O2S/c17-15-9-8-13(12-16(15)18)19-23(21,20-10-4-5-11-20)22-14-6-2-1-3-7-14/h1-3,6-9,12H,4-5,10-11H2. The Kier molecular flexibility index (Phi) is 5.11. The van der Waals surface area contributed by atoms with Gasteiger partial charge in [0.25, 0.3) is 10.2 Å². The molecule has 0 N–H and O–H groups in total. The van der Waals surface area contributed by atoms with E-state index in [2.05, 4.69) is 4.36 Å². The molecule has 3 rings (SSSR count). The van der Waals surface area contributed by atoms with Crippen molar-refractivity contribution < 1.29 is 8.39 Å². The van der Waals surface area contributed by atoms with E-state index in [1.54, 1.807) is 34.6 Å². The number of halogens is 2. The maximum absolute atomic E-state index is 13.4. The lowest BCUT2D eigenvalue weighted by Crippen LogP contribution is -2.31. The summed E-state index contributed by atoms with van der Waals surface area (Å²) in [6, 6.07) is 14.0. The molecule has 0 radical (unpaired) electrons. The maximum Gasteiger partial charge on any atom is 0.283 e. The largest absolute Gasteiger partial charge is 0.385 e. The van der Waals surface area contributed by atoms with E-state index in [9.17, 15) is 4.21 Å². The Labute approximate surface area is 146 Å². The lowest BCUT2D eigenvalue weighted by molar-refractivity contribution is 0.445. The molecule has 23 heavy (non-hydrogen) atoms. The van der Waals surface area contributed by atoms with Crippen LogP contribution in [0.4, 0.5) is 5.69 Å². The summed E-state index contributed by atoms with van der Waals surface area (Å²) in [4.78, 5) is 0. The van der Waals surface area contributed by atoms with Crippen molar-refractivity contribution in [1.29, 1.82) is 0 Å². The first-order valence-corrected chi connectivity index (χ1v) is 9.44. The molecule has 4 nitrogen and oxygen atoms in total. The Morgan fingerprint density at radius 2 is 1.70 bits per heavy atom. The van der Waals surface area contributed by atoms with E-state index in [-0.39, 0.29) is 0 Å². The molecule has 0 aromatic heterocycles. The van der Waals surface area contributed by atoms with Crippen LogP contribution in [-0.4, -0.2) is 21.6 Å². The molecule has 1 aliphatic heterocycles. The van der Waals surface area contributed by atoms with Crippen LogP contribution in [0, 0.1) is 0 Å². The summed E-state index contributed by atoms with van der Waals surface area (Å²) in [7, 11) is -3.05. The van der Waals surface area contributed by atoms with Crippen molar-refractivity contribution in [1.82, 2.24) is 4.31 Å². The van der Waals surface area contributed by atoms with Crippen LogP contribution in [0.25, 0.3) is 0 Å². The number of hydrogen-bond acceptors (Lipinski definition) is 3. The highest BCUT2D eigenvalue weighted by Crippen LogP contribution is 2.29. The average molecular weight is 371 g/mol. The third-order valence-electron chi connectivity index (χ3n) is 3.46. The van der Waals surface area contributed by atoms with E-state index in [1.165, 1.54) is 0 Å². The third kappa shape index (κ3) is 3.98. The van der Waals surface area contributed by atoms with Crippen LogP contribution in [0.2, 0.25) is 10.0 Å². The zero-order valence-electron chi connectivity index (χ0n) is 12.3. The zero-order valence-corrected chi connectivity index (χ0v) is 14.7. The summed E-state index contributed by atoms with van der Waals surface area (Å²) in [6.45, 7) is 1.38. The lowest BCUT2D eigenvalue weighted by Gasteiger charge is -2.20. The molecule has 0 aliphatic carbocycles. The number of nitrogens with zero attached hydrogens (tertiary/aromatic N) is 2. The predicted molar refractivity (Wildman–Crippen MR) is 94.6 cm³/mol. The lowest BCUT2D eigenvalue weighted by atomic mass is 10.3. The molecular weight excluding hydrogens is 355 g/mol. The molecule has 0 amide bonds. The first-order chi connectivity index (χ1) is 11.1. The highest BCUT2D eigenvalue weighted by molar-refractivity contribution is 7.87. The molecule has 1 saturated heterocycles. The van der Waals surface area contributed by atoms with Crippen LogP contribution in [-0.2, 0) is 10.2 Å². The molecule has 2 aromatic rings. The Hall–Kier alpha value is -1.27. The van der Waals surface area contributed by atoms with Crippen LogP contribution >= 0.6 is 23.2 Å². The fraction of sp³-hybridized carbons (Fsp3) is 0.250. The van der Waals surface area contributed by atoms with E-state index in [0.717, 1.165) is 12.8 Å². The number of hydrogen-bond donors (Lipinski definition) is 0. The maximum atomic E-state index is 13.4. The van der Waals surface area contributed by atoms with Crippen molar-refractivity contribution in [3.8, 4) is 5.75 Å². The van der Waals surface area contributed by atoms with Crippen molar-refractivity contribution in [3.05, 3.63) is 58.6 Å². The van der Waals surface area contributed by atoms with Gasteiger partial charge in [-0.15, -0.1) is 0 Å². The SMILES string of the molecule is O=S(=Nc1ccc(Cl)c(Cl)c1)(Oc1ccccc1)N1CCCC1. The van der Waals surface area contributed by atoms with Gasteiger partial charge in [0.2, 0.25) is 0 Å². The number of rotatable bonds is 4. The summed E-state index contributed by atoms with van der Waals surface area (Å²) in [6.07, 6.45) is 1.96. The van der Waals surface area contributed by atoms with Gasteiger partial charge >= 0.3 is 0 Å². The minimum atomic E-state index is -3.05. The fourth-order valence-electron chi connectivity index (χ4n) is 2.32. The molecule has 1 atom stereocenters. The molecule has 1 unspecified atom stereocenters. The summed E-state index contributed by atoms with van der Waals surface area (Å²) >= 11 is 11.9. The van der Waals surface area contributed by atoms with E-state index in [0.29, 0.717) is 34.6 Å². The summed E-state index contributed by atoms with van der Waals surface area (Å²) in [5.41, 5.74) is 0.479. The van der Waals surface area contributed by atoms with Gasteiger partial charge in [-0.2, -0.15) is 12.9 Å². The first-order valence-electron chi connectivity index (χ1n) is 7.29. The van der Waals surface area contributed by atoms with E-state index < -0.39 is 10.2 Å². The molecular formula is C16H16Cl2N2O2S. The Morgan fingerprint density at radius 3 is 2.35 bits per heavy atom. The predicted octanol–water partition coefficient (Wildman–Crippen LogP) is 5.10. The molecule has 0 bridgehead atoms. The van der Waals surface area contributed by atoms with Gasteiger partial charge in [0.05, 0.1) is 15.7 Å². The van der Waals surface area contributed by atoms with Gasteiger partial charge in [0.1, 0.15) is 5.75 Å². The normalized spacial score (nSPS) is 17.7. The van der Waals surface area contributed by atoms with E-state index >= 15 is 0 Å². The van der Waals surface area contributed by atoms with Gasteiger partial charge in [-0.3, -0.25) is 0 Å². The molecule has 2 aromatic carbocycles. The minimum absolute atomic E-state index is 0.371. The van der Waals surface area contributed by atoms with Crippen LogP contribution in [0.1, 0.15) is 12.8 Å². The van der Waals surface area contributed by atoms with Crippen LogP contribution < -0.4 is 4.18 Å². The molecule has 0 spiro atoms. The van der Waals surface area contributed by atoms with Gasteiger partial charge in [0.15, 0.2) is 0 Å². The molecule has 122 valence electrons. The van der Waals surface area contributed by atoms with Crippen molar-refractivity contribution in [2.24, 2.45) is 4.36 Å². The third-order valence-corrected chi connectivity index (χ3v) is 6.07. The Bertz CT molecular complexity index is 799. The highest BCUT2D eigenvalue weighted by Gasteiger charge is 2.26. The van der Waals surface area contributed by atoms with Crippen molar-refractivity contribution in [2.75, 3.05) is 13.1 Å². The second kappa shape index (κ2) is 7.09. The number of benzene rings is 2. The van der Waals surface area contributed by atoms with Gasteiger partial charge in [0, 0.05) is 13.1 Å². The fourth-order valence-corrected chi connectivity index (χ4v) is 4.34. The van der Waals surface area contributed by atoms with Gasteiger partial charge in [-0.25, -0.2) is 0 Å². The van der Waals surface area contributed by atoms with Crippen LogP contribution in [0.3, 0.4) is 0 Å².